The summed E-state index contributed by atoms with van der Waals surface area (Å²) in [5, 5.41) is 9.26. The predicted molar refractivity (Wildman–Crippen MR) is 100 cm³/mol. The number of carbonyl (C=O) groups is 1. The van der Waals surface area contributed by atoms with Crippen LogP contribution in [0.4, 0.5) is 0 Å². The SMILES string of the molecule is CCO[C@@H]1OC(C(=O)N2CCCCCCC2)=C[C@H](C2CC2)[C@H]1CCCO. The van der Waals surface area contributed by atoms with E-state index < -0.39 is 0 Å². The number of aliphatic hydroxyl groups excluding tert-OH is 1. The topological polar surface area (TPSA) is 59.0 Å². The van der Waals surface area contributed by atoms with E-state index in [9.17, 15) is 9.90 Å². The molecule has 0 aromatic heterocycles. The maximum atomic E-state index is 13.1. The molecule has 3 aliphatic rings. The minimum atomic E-state index is -0.365. The van der Waals surface area contributed by atoms with Gasteiger partial charge in [0.15, 0.2) is 5.76 Å². The van der Waals surface area contributed by atoms with Crippen molar-refractivity contribution in [3.8, 4) is 0 Å². The molecular weight excluding hydrogens is 330 g/mol. The van der Waals surface area contributed by atoms with Crippen LogP contribution in [0.2, 0.25) is 0 Å². The lowest BCUT2D eigenvalue weighted by molar-refractivity contribution is -0.177. The van der Waals surface area contributed by atoms with Crippen LogP contribution >= 0.6 is 0 Å². The zero-order valence-corrected chi connectivity index (χ0v) is 16.2. The molecule has 1 amide bonds. The molecule has 2 fully saturated rings. The molecule has 1 N–H and O–H groups in total. The molecule has 5 nitrogen and oxygen atoms in total. The molecule has 26 heavy (non-hydrogen) atoms. The molecule has 0 radical (unpaired) electrons. The van der Waals surface area contributed by atoms with Crippen molar-refractivity contribution in [2.75, 3.05) is 26.3 Å². The maximum Gasteiger partial charge on any atom is 0.288 e. The van der Waals surface area contributed by atoms with Crippen molar-refractivity contribution in [1.29, 1.82) is 0 Å². The van der Waals surface area contributed by atoms with E-state index in [-0.39, 0.29) is 24.7 Å². The summed E-state index contributed by atoms with van der Waals surface area (Å²) in [6, 6.07) is 0. The molecule has 0 unspecified atom stereocenters. The second-order valence-corrected chi connectivity index (χ2v) is 7.98. The second-order valence-electron chi connectivity index (χ2n) is 7.98. The third-order valence-corrected chi connectivity index (χ3v) is 5.98. The van der Waals surface area contributed by atoms with Gasteiger partial charge in [0.05, 0.1) is 0 Å². The van der Waals surface area contributed by atoms with Crippen LogP contribution < -0.4 is 0 Å². The van der Waals surface area contributed by atoms with Gasteiger partial charge >= 0.3 is 0 Å². The van der Waals surface area contributed by atoms with Crippen LogP contribution in [-0.4, -0.2) is 48.5 Å². The van der Waals surface area contributed by atoms with E-state index in [2.05, 4.69) is 6.08 Å². The molecule has 2 aliphatic heterocycles. The number of ether oxygens (including phenoxy) is 2. The van der Waals surface area contributed by atoms with Crippen LogP contribution in [0.3, 0.4) is 0 Å². The number of hydrogen-bond acceptors (Lipinski definition) is 4. The predicted octanol–water partition coefficient (Wildman–Crippen LogP) is 3.47. The van der Waals surface area contributed by atoms with E-state index >= 15 is 0 Å². The molecule has 3 atom stereocenters. The van der Waals surface area contributed by atoms with E-state index in [1.165, 1.54) is 32.1 Å². The largest absolute Gasteiger partial charge is 0.459 e. The lowest BCUT2D eigenvalue weighted by atomic mass is 9.82. The molecule has 0 aromatic carbocycles. The number of allylic oxidation sites excluding steroid dienone is 1. The molecule has 2 heterocycles. The Bertz CT molecular complexity index is 480. The van der Waals surface area contributed by atoms with E-state index in [0.29, 0.717) is 24.2 Å². The Hall–Kier alpha value is -1.07. The highest BCUT2D eigenvalue weighted by molar-refractivity contribution is 5.91. The Morgan fingerprint density at radius 3 is 2.54 bits per heavy atom. The second kappa shape index (κ2) is 9.75. The van der Waals surface area contributed by atoms with Crippen LogP contribution in [0.25, 0.3) is 0 Å². The summed E-state index contributed by atoms with van der Waals surface area (Å²) >= 11 is 0. The summed E-state index contributed by atoms with van der Waals surface area (Å²) in [4.78, 5) is 15.1. The van der Waals surface area contributed by atoms with Gasteiger partial charge in [-0.3, -0.25) is 4.79 Å². The monoisotopic (exact) mass is 365 g/mol. The summed E-state index contributed by atoms with van der Waals surface area (Å²) < 4.78 is 12.0. The van der Waals surface area contributed by atoms with E-state index in [0.717, 1.165) is 38.8 Å². The van der Waals surface area contributed by atoms with Gasteiger partial charge in [-0.15, -0.1) is 0 Å². The fraction of sp³-hybridized carbons (Fsp3) is 0.857. The van der Waals surface area contributed by atoms with Gasteiger partial charge in [-0.25, -0.2) is 0 Å². The number of rotatable bonds is 7. The van der Waals surface area contributed by atoms with E-state index in [4.69, 9.17) is 9.47 Å². The Morgan fingerprint density at radius 1 is 1.23 bits per heavy atom. The van der Waals surface area contributed by atoms with Crippen molar-refractivity contribution < 1.29 is 19.4 Å². The number of nitrogens with zero attached hydrogens (tertiary/aromatic N) is 1. The standard InChI is InChI=1S/C21H35NO4/c1-2-25-21-17(9-8-14-23)18(16-10-11-16)15-19(26-21)20(24)22-12-6-4-3-5-7-13-22/h15-18,21,23H,2-14H2,1H3/t17-,18-,21-/m1/s1. The van der Waals surface area contributed by atoms with Crippen molar-refractivity contribution in [2.45, 2.75) is 71.0 Å². The van der Waals surface area contributed by atoms with Gasteiger partial charge in [0.25, 0.3) is 5.91 Å². The van der Waals surface area contributed by atoms with Gasteiger partial charge in [0.2, 0.25) is 6.29 Å². The average molecular weight is 366 g/mol. The fourth-order valence-corrected chi connectivity index (χ4v) is 4.40. The first kappa shape index (κ1) is 19.7. The fourth-order valence-electron chi connectivity index (χ4n) is 4.40. The zero-order valence-electron chi connectivity index (χ0n) is 16.2. The first-order chi connectivity index (χ1) is 12.7. The average Bonchev–Trinajstić information content (AvgIpc) is 3.44. The summed E-state index contributed by atoms with van der Waals surface area (Å²) in [5.74, 6) is 1.75. The van der Waals surface area contributed by atoms with Gasteiger partial charge in [-0.1, -0.05) is 19.3 Å². The Kier molecular flexibility index (Phi) is 7.38. The van der Waals surface area contributed by atoms with Crippen molar-refractivity contribution >= 4 is 5.91 Å². The van der Waals surface area contributed by atoms with Crippen molar-refractivity contribution in [2.24, 2.45) is 17.8 Å². The van der Waals surface area contributed by atoms with Crippen LogP contribution in [0.1, 0.15) is 64.7 Å². The van der Waals surface area contributed by atoms with E-state index in [1.54, 1.807) is 0 Å². The highest BCUT2D eigenvalue weighted by Crippen LogP contribution is 2.47. The van der Waals surface area contributed by atoms with Gasteiger partial charge < -0.3 is 19.5 Å². The van der Waals surface area contributed by atoms with Crippen molar-refractivity contribution in [3.05, 3.63) is 11.8 Å². The Labute approximate surface area is 157 Å². The molecule has 0 bridgehead atoms. The van der Waals surface area contributed by atoms with Gasteiger partial charge in [0, 0.05) is 32.2 Å². The smallest absolute Gasteiger partial charge is 0.288 e. The first-order valence-electron chi connectivity index (χ1n) is 10.6. The van der Waals surface area contributed by atoms with Crippen LogP contribution in [0.15, 0.2) is 11.8 Å². The number of hydrogen-bond donors (Lipinski definition) is 1. The molecule has 148 valence electrons. The van der Waals surface area contributed by atoms with Gasteiger partial charge in [0.1, 0.15) is 0 Å². The normalized spacial score (nSPS) is 30.2. The van der Waals surface area contributed by atoms with Gasteiger partial charge in [-0.05, 0) is 63.4 Å². The quantitative estimate of drug-likeness (QED) is 0.750. The van der Waals surface area contributed by atoms with Crippen molar-refractivity contribution in [3.63, 3.8) is 0 Å². The lowest BCUT2D eigenvalue weighted by Crippen LogP contribution is -2.42. The lowest BCUT2D eigenvalue weighted by Gasteiger charge is -2.38. The molecule has 0 spiro atoms. The highest BCUT2D eigenvalue weighted by atomic mass is 16.7. The number of likely N-dealkylation sites (tertiary alicyclic amines) is 1. The maximum absolute atomic E-state index is 13.1. The summed E-state index contributed by atoms with van der Waals surface area (Å²) in [6.07, 6.45) is 11.7. The molecule has 1 saturated carbocycles. The molecule has 0 aromatic rings. The minimum Gasteiger partial charge on any atom is -0.459 e. The van der Waals surface area contributed by atoms with Crippen LogP contribution in [0.5, 0.6) is 0 Å². The number of carbonyl (C=O) groups excluding carboxylic acids is 1. The zero-order chi connectivity index (χ0) is 18.4. The Morgan fingerprint density at radius 2 is 1.92 bits per heavy atom. The van der Waals surface area contributed by atoms with Crippen LogP contribution in [0, 0.1) is 17.8 Å². The number of amides is 1. The first-order valence-corrected chi connectivity index (χ1v) is 10.6. The van der Waals surface area contributed by atoms with Crippen molar-refractivity contribution in [1.82, 2.24) is 4.90 Å². The van der Waals surface area contributed by atoms with Gasteiger partial charge in [-0.2, -0.15) is 0 Å². The number of aliphatic hydroxyl groups is 1. The molecule has 3 rings (SSSR count). The summed E-state index contributed by atoms with van der Waals surface area (Å²) in [6.45, 7) is 4.40. The molecule has 5 heteroatoms. The molecular formula is C21H35NO4. The van der Waals surface area contributed by atoms with E-state index in [1.807, 2.05) is 11.8 Å². The molecule has 1 saturated heterocycles. The van der Waals surface area contributed by atoms with Crippen LogP contribution in [-0.2, 0) is 14.3 Å². The summed E-state index contributed by atoms with van der Waals surface area (Å²) in [7, 11) is 0. The highest BCUT2D eigenvalue weighted by Gasteiger charge is 2.44. The minimum absolute atomic E-state index is 0.0443. The third-order valence-electron chi connectivity index (χ3n) is 5.98. The third kappa shape index (κ3) is 5.01. The molecule has 1 aliphatic carbocycles. The summed E-state index contributed by atoms with van der Waals surface area (Å²) in [5.41, 5.74) is 0. The Balaban J connectivity index is 1.75.